The summed E-state index contributed by atoms with van der Waals surface area (Å²) in [4.78, 5) is 12.4. The predicted octanol–water partition coefficient (Wildman–Crippen LogP) is 4.30. The van der Waals surface area contributed by atoms with Crippen LogP contribution in [0.25, 0.3) is 11.1 Å². The monoisotopic (exact) mass is 316 g/mol. The van der Waals surface area contributed by atoms with E-state index in [-0.39, 0.29) is 5.91 Å². The number of benzene rings is 3. The molecule has 120 valence electrons. The van der Waals surface area contributed by atoms with Gasteiger partial charge in [0.05, 0.1) is 0 Å². The molecule has 3 rings (SSSR count). The normalized spacial score (nSPS) is 11.8. The van der Waals surface area contributed by atoms with E-state index in [0.29, 0.717) is 0 Å². The first kappa shape index (κ1) is 16.0. The zero-order valence-corrected chi connectivity index (χ0v) is 13.6. The molecule has 0 radical (unpaired) electrons. The number of aryl methyl sites for hydroxylation is 1. The van der Waals surface area contributed by atoms with E-state index in [0.717, 1.165) is 27.9 Å². The fourth-order valence-electron chi connectivity index (χ4n) is 2.64. The second kappa shape index (κ2) is 7.11. The molecule has 1 atom stereocenters. The molecule has 0 saturated heterocycles. The molecular weight excluding hydrogens is 296 g/mol. The molecule has 0 fully saturated rings. The van der Waals surface area contributed by atoms with Crippen LogP contribution in [0.3, 0.4) is 0 Å². The van der Waals surface area contributed by atoms with Crippen LogP contribution >= 0.6 is 0 Å². The van der Waals surface area contributed by atoms with Crippen LogP contribution in [0.1, 0.15) is 17.2 Å². The van der Waals surface area contributed by atoms with Crippen LogP contribution in [0.15, 0.2) is 78.9 Å². The zero-order chi connectivity index (χ0) is 16.9. The van der Waals surface area contributed by atoms with Gasteiger partial charge < -0.3 is 11.1 Å². The van der Waals surface area contributed by atoms with Crippen molar-refractivity contribution in [2.24, 2.45) is 5.73 Å². The minimum Gasteiger partial charge on any atom is -0.324 e. The molecule has 0 saturated carbocycles. The Bertz CT molecular complexity index is 829. The summed E-state index contributed by atoms with van der Waals surface area (Å²) < 4.78 is 0. The van der Waals surface area contributed by atoms with Gasteiger partial charge >= 0.3 is 0 Å². The molecule has 3 aromatic carbocycles. The molecule has 3 N–H and O–H groups in total. The Morgan fingerprint density at radius 3 is 2.12 bits per heavy atom. The lowest BCUT2D eigenvalue weighted by Gasteiger charge is -2.15. The lowest BCUT2D eigenvalue weighted by molar-refractivity contribution is -0.117. The Morgan fingerprint density at radius 1 is 0.875 bits per heavy atom. The maximum absolute atomic E-state index is 12.4. The number of nitrogens with one attached hydrogen (secondary N) is 1. The summed E-state index contributed by atoms with van der Waals surface area (Å²) in [7, 11) is 0. The molecule has 0 bridgehead atoms. The summed E-state index contributed by atoms with van der Waals surface area (Å²) in [6.07, 6.45) is 0. The topological polar surface area (TPSA) is 55.1 Å². The van der Waals surface area contributed by atoms with Gasteiger partial charge in [-0.3, -0.25) is 4.79 Å². The Morgan fingerprint density at radius 2 is 1.50 bits per heavy atom. The van der Waals surface area contributed by atoms with Crippen molar-refractivity contribution >= 4 is 11.6 Å². The van der Waals surface area contributed by atoms with E-state index in [1.165, 1.54) is 0 Å². The first-order valence-electron chi connectivity index (χ1n) is 7.92. The van der Waals surface area contributed by atoms with Crippen molar-refractivity contribution in [3.05, 3.63) is 90.0 Å². The highest BCUT2D eigenvalue weighted by Gasteiger charge is 2.16. The third-order valence-corrected chi connectivity index (χ3v) is 4.03. The lowest BCUT2D eigenvalue weighted by atomic mass is 10.0. The number of hydrogen-bond donors (Lipinski definition) is 2. The number of nitrogens with two attached hydrogens (primary N) is 1. The van der Waals surface area contributed by atoms with Crippen LogP contribution in [-0.4, -0.2) is 5.91 Å². The van der Waals surface area contributed by atoms with Gasteiger partial charge in [0.15, 0.2) is 0 Å². The summed E-state index contributed by atoms with van der Waals surface area (Å²) in [5.41, 5.74) is 10.9. The second-order valence-corrected chi connectivity index (χ2v) is 5.77. The van der Waals surface area contributed by atoms with E-state index in [1.807, 2.05) is 67.6 Å². The molecule has 0 spiro atoms. The van der Waals surface area contributed by atoms with E-state index in [9.17, 15) is 4.79 Å². The number of carbonyl (C=O) groups excluding carboxylic acids is 1. The highest BCUT2D eigenvalue weighted by atomic mass is 16.2. The molecule has 3 aromatic rings. The van der Waals surface area contributed by atoms with Gasteiger partial charge in [-0.25, -0.2) is 0 Å². The van der Waals surface area contributed by atoms with Crippen LogP contribution in [0.2, 0.25) is 0 Å². The van der Waals surface area contributed by atoms with Crippen LogP contribution in [0.5, 0.6) is 0 Å². The van der Waals surface area contributed by atoms with E-state index in [1.54, 1.807) is 0 Å². The van der Waals surface area contributed by atoms with E-state index in [4.69, 9.17) is 5.73 Å². The maximum Gasteiger partial charge on any atom is 0.245 e. The van der Waals surface area contributed by atoms with Crippen molar-refractivity contribution in [1.82, 2.24) is 0 Å². The Labute approximate surface area is 142 Å². The predicted molar refractivity (Wildman–Crippen MR) is 98.6 cm³/mol. The van der Waals surface area contributed by atoms with Gasteiger partial charge in [-0.2, -0.15) is 0 Å². The first-order chi connectivity index (χ1) is 11.6. The Hall–Kier alpha value is -2.91. The average molecular weight is 316 g/mol. The molecule has 1 amide bonds. The SMILES string of the molecule is Cc1cc(-c2ccccc2)ccc1NC(=O)C(N)c1ccccc1. The van der Waals surface area contributed by atoms with Crippen molar-refractivity contribution in [3.8, 4) is 11.1 Å². The summed E-state index contributed by atoms with van der Waals surface area (Å²) in [6, 6.07) is 24.8. The number of amides is 1. The highest BCUT2D eigenvalue weighted by Crippen LogP contribution is 2.25. The fourth-order valence-corrected chi connectivity index (χ4v) is 2.64. The molecule has 3 nitrogen and oxygen atoms in total. The highest BCUT2D eigenvalue weighted by molar-refractivity contribution is 5.96. The average Bonchev–Trinajstić information content (AvgIpc) is 2.64. The van der Waals surface area contributed by atoms with Gasteiger partial charge in [-0.05, 0) is 41.3 Å². The van der Waals surface area contributed by atoms with E-state index < -0.39 is 6.04 Å². The number of rotatable bonds is 4. The fraction of sp³-hybridized carbons (Fsp3) is 0.0952. The van der Waals surface area contributed by atoms with Crippen molar-refractivity contribution in [2.75, 3.05) is 5.32 Å². The van der Waals surface area contributed by atoms with Crippen LogP contribution in [0, 0.1) is 6.92 Å². The summed E-state index contributed by atoms with van der Waals surface area (Å²) in [5, 5.41) is 2.92. The summed E-state index contributed by atoms with van der Waals surface area (Å²) in [5.74, 6) is -0.211. The maximum atomic E-state index is 12.4. The molecular formula is C21H20N2O. The number of anilines is 1. The molecule has 24 heavy (non-hydrogen) atoms. The van der Waals surface area contributed by atoms with Gasteiger partial charge in [0, 0.05) is 5.69 Å². The summed E-state index contributed by atoms with van der Waals surface area (Å²) >= 11 is 0. The first-order valence-corrected chi connectivity index (χ1v) is 7.92. The molecule has 0 aliphatic carbocycles. The van der Waals surface area contributed by atoms with Gasteiger partial charge in [0.1, 0.15) is 6.04 Å². The molecule has 3 heteroatoms. The van der Waals surface area contributed by atoms with Gasteiger partial charge in [0.2, 0.25) is 5.91 Å². The second-order valence-electron chi connectivity index (χ2n) is 5.77. The van der Waals surface area contributed by atoms with Crippen LogP contribution in [-0.2, 0) is 4.79 Å². The smallest absolute Gasteiger partial charge is 0.245 e. The number of hydrogen-bond acceptors (Lipinski definition) is 2. The summed E-state index contributed by atoms with van der Waals surface area (Å²) in [6.45, 7) is 1.98. The van der Waals surface area contributed by atoms with Crippen molar-refractivity contribution < 1.29 is 4.79 Å². The van der Waals surface area contributed by atoms with Crippen molar-refractivity contribution in [2.45, 2.75) is 13.0 Å². The minimum absolute atomic E-state index is 0.211. The third-order valence-electron chi connectivity index (χ3n) is 4.03. The Balaban J connectivity index is 1.77. The third kappa shape index (κ3) is 3.53. The van der Waals surface area contributed by atoms with E-state index in [2.05, 4.69) is 23.5 Å². The van der Waals surface area contributed by atoms with Gasteiger partial charge in [0.25, 0.3) is 0 Å². The number of carbonyl (C=O) groups is 1. The van der Waals surface area contributed by atoms with Gasteiger partial charge in [-0.1, -0.05) is 66.7 Å². The standard InChI is InChI=1S/C21H20N2O/c1-15-14-18(16-8-4-2-5-9-16)12-13-19(15)23-21(24)20(22)17-10-6-3-7-11-17/h2-14,20H,22H2,1H3,(H,23,24). The quantitative estimate of drug-likeness (QED) is 0.754. The largest absolute Gasteiger partial charge is 0.324 e. The molecule has 0 aliphatic rings. The van der Waals surface area contributed by atoms with Crippen LogP contribution in [0.4, 0.5) is 5.69 Å². The van der Waals surface area contributed by atoms with Crippen molar-refractivity contribution in [1.29, 1.82) is 0 Å². The molecule has 0 aliphatic heterocycles. The zero-order valence-electron chi connectivity index (χ0n) is 13.6. The van der Waals surface area contributed by atoms with E-state index >= 15 is 0 Å². The lowest BCUT2D eigenvalue weighted by Crippen LogP contribution is -2.27. The van der Waals surface area contributed by atoms with Crippen molar-refractivity contribution in [3.63, 3.8) is 0 Å². The molecule has 1 unspecified atom stereocenters. The minimum atomic E-state index is -0.681. The van der Waals surface area contributed by atoms with Crippen LogP contribution < -0.4 is 11.1 Å². The molecule has 0 heterocycles. The van der Waals surface area contributed by atoms with Gasteiger partial charge in [-0.15, -0.1) is 0 Å². The Kier molecular flexibility index (Phi) is 4.73. The molecule has 0 aromatic heterocycles.